The van der Waals surface area contributed by atoms with Gasteiger partial charge in [-0.2, -0.15) is 0 Å². The Balaban J connectivity index is 1.88. The van der Waals surface area contributed by atoms with E-state index in [0.717, 1.165) is 16.4 Å². The van der Waals surface area contributed by atoms with Crippen LogP contribution in [0.4, 0.5) is 5.13 Å². The van der Waals surface area contributed by atoms with Crippen LogP contribution < -0.4 is 4.90 Å². The normalized spacial score (nSPS) is 19.5. The van der Waals surface area contributed by atoms with Crippen LogP contribution in [0.2, 0.25) is 0 Å². The van der Waals surface area contributed by atoms with Crippen LogP contribution in [0.1, 0.15) is 6.42 Å². The van der Waals surface area contributed by atoms with Crippen LogP contribution in [0, 0.1) is 0 Å². The summed E-state index contributed by atoms with van der Waals surface area (Å²) in [5, 5.41) is 2.74. The first-order chi connectivity index (χ1) is 8.74. The van der Waals surface area contributed by atoms with Crippen molar-refractivity contribution >= 4 is 38.3 Å². The van der Waals surface area contributed by atoms with E-state index in [1.54, 1.807) is 17.3 Å². The predicted octanol–water partition coefficient (Wildman–Crippen LogP) is 2.71. The van der Waals surface area contributed by atoms with Crippen molar-refractivity contribution in [3.8, 4) is 11.3 Å². The molecule has 4 nitrogen and oxygen atoms in total. The van der Waals surface area contributed by atoms with Crippen LogP contribution in [0.25, 0.3) is 11.3 Å². The first-order valence-corrected chi connectivity index (χ1v) is 7.34. The molecular formula is C12H10BrN3OS. The summed E-state index contributed by atoms with van der Waals surface area (Å²) in [4.78, 5) is 22.3. The van der Waals surface area contributed by atoms with E-state index in [9.17, 15) is 4.79 Å². The number of halogens is 1. The van der Waals surface area contributed by atoms with Crippen molar-refractivity contribution < 1.29 is 4.79 Å². The Bertz CT molecular complexity index is 572. The number of alkyl halides is 1. The van der Waals surface area contributed by atoms with Crippen LogP contribution in [0.5, 0.6) is 0 Å². The minimum Gasteiger partial charge on any atom is -0.287 e. The molecule has 1 atom stereocenters. The molecular weight excluding hydrogens is 314 g/mol. The SMILES string of the molecule is O=C1CC(Br)CN1c1nc(-c2ccncc2)cs1. The van der Waals surface area contributed by atoms with E-state index in [-0.39, 0.29) is 10.7 Å². The van der Waals surface area contributed by atoms with Crippen LogP contribution >= 0.6 is 27.3 Å². The molecule has 0 radical (unpaired) electrons. The molecule has 3 heterocycles. The summed E-state index contributed by atoms with van der Waals surface area (Å²) in [7, 11) is 0. The maximum absolute atomic E-state index is 11.8. The average Bonchev–Trinajstić information content (AvgIpc) is 2.97. The summed E-state index contributed by atoms with van der Waals surface area (Å²) in [6.45, 7) is 0.697. The first-order valence-electron chi connectivity index (χ1n) is 5.54. The maximum atomic E-state index is 11.8. The lowest BCUT2D eigenvalue weighted by Crippen LogP contribution is -2.24. The molecule has 0 aliphatic carbocycles. The number of anilines is 1. The molecule has 0 bridgehead atoms. The molecule has 1 saturated heterocycles. The molecule has 3 rings (SSSR count). The second-order valence-electron chi connectivity index (χ2n) is 4.06. The zero-order valence-corrected chi connectivity index (χ0v) is 11.8. The summed E-state index contributed by atoms with van der Waals surface area (Å²) >= 11 is 4.97. The minimum atomic E-state index is 0.132. The lowest BCUT2D eigenvalue weighted by atomic mass is 10.2. The van der Waals surface area contributed by atoms with Gasteiger partial charge in [-0.1, -0.05) is 15.9 Å². The summed E-state index contributed by atoms with van der Waals surface area (Å²) < 4.78 is 0. The molecule has 2 aromatic rings. The number of carbonyl (C=O) groups excluding carboxylic acids is 1. The van der Waals surface area contributed by atoms with Crippen molar-refractivity contribution in [2.75, 3.05) is 11.4 Å². The molecule has 1 aliphatic heterocycles. The van der Waals surface area contributed by atoms with Crippen LogP contribution in [0.15, 0.2) is 29.9 Å². The molecule has 18 heavy (non-hydrogen) atoms. The standard InChI is InChI=1S/C12H10BrN3OS/c13-9-5-11(17)16(6-9)12-15-10(7-18-12)8-1-3-14-4-2-8/h1-4,7,9H,5-6H2. The second-order valence-corrected chi connectivity index (χ2v) is 6.19. The van der Waals surface area contributed by atoms with E-state index in [0.29, 0.717) is 13.0 Å². The van der Waals surface area contributed by atoms with Gasteiger partial charge >= 0.3 is 0 Å². The Morgan fingerprint density at radius 3 is 2.83 bits per heavy atom. The van der Waals surface area contributed by atoms with Crippen molar-refractivity contribution in [1.82, 2.24) is 9.97 Å². The molecule has 1 fully saturated rings. The number of aromatic nitrogens is 2. The number of carbonyl (C=O) groups is 1. The zero-order chi connectivity index (χ0) is 12.5. The largest absolute Gasteiger partial charge is 0.287 e. The number of thiazole rings is 1. The molecule has 6 heteroatoms. The van der Waals surface area contributed by atoms with Gasteiger partial charge in [-0.25, -0.2) is 4.98 Å². The van der Waals surface area contributed by atoms with E-state index < -0.39 is 0 Å². The topological polar surface area (TPSA) is 46.1 Å². The summed E-state index contributed by atoms with van der Waals surface area (Å²) in [6, 6.07) is 3.83. The molecule has 0 aromatic carbocycles. The smallest absolute Gasteiger partial charge is 0.230 e. The van der Waals surface area contributed by atoms with Crippen molar-refractivity contribution in [3.63, 3.8) is 0 Å². The summed E-state index contributed by atoms with van der Waals surface area (Å²) in [5.74, 6) is 0.132. The maximum Gasteiger partial charge on any atom is 0.230 e. The van der Waals surface area contributed by atoms with Gasteiger partial charge in [0.25, 0.3) is 0 Å². The Morgan fingerprint density at radius 2 is 2.17 bits per heavy atom. The highest BCUT2D eigenvalue weighted by molar-refractivity contribution is 9.09. The van der Waals surface area contributed by atoms with Gasteiger partial charge in [-0.05, 0) is 12.1 Å². The van der Waals surface area contributed by atoms with Crippen molar-refractivity contribution in [2.24, 2.45) is 0 Å². The lowest BCUT2D eigenvalue weighted by Gasteiger charge is -2.10. The second kappa shape index (κ2) is 4.78. The van der Waals surface area contributed by atoms with Crippen LogP contribution in [-0.4, -0.2) is 27.2 Å². The third-order valence-electron chi connectivity index (χ3n) is 2.78. The lowest BCUT2D eigenvalue weighted by molar-refractivity contribution is -0.117. The zero-order valence-electron chi connectivity index (χ0n) is 9.41. The van der Waals surface area contributed by atoms with Crippen LogP contribution in [0.3, 0.4) is 0 Å². The van der Waals surface area contributed by atoms with Crippen molar-refractivity contribution in [3.05, 3.63) is 29.9 Å². The fourth-order valence-electron chi connectivity index (χ4n) is 1.89. The van der Waals surface area contributed by atoms with E-state index in [1.165, 1.54) is 11.3 Å². The van der Waals surface area contributed by atoms with Crippen molar-refractivity contribution in [2.45, 2.75) is 11.2 Å². The number of pyridine rings is 1. The van der Waals surface area contributed by atoms with Gasteiger partial charge in [-0.3, -0.25) is 14.7 Å². The number of amides is 1. The van der Waals surface area contributed by atoms with Gasteiger partial charge in [0, 0.05) is 41.1 Å². The number of rotatable bonds is 2. The fraction of sp³-hybridized carbons (Fsp3) is 0.250. The molecule has 2 aromatic heterocycles. The van der Waals surface area contributed by atoms with E-state index in [4.69, 9.17) is 0 Å². The van der Waals surface area contributed by atoms with E-state index in [2.05, 4.69) is 25.9 Å². The number of hydrogen-bond donors (Lipinski definition) is 0. The Hall–Kier alpha value is -1.27. The van der Waals surface area contributed by atoms with Gasteiger partial charge in [-0.15, -0.1) is 11.3 Å². The van der Waals surface area contributed by atoms with E-state index >= 15 is 0 Å². The number of hydrogen-bond acceptors (Lipinski definition) is 4. The Labute approximate surface area is 117 Å². The third kappa shape index (κ3) is 2.18. The summed E-state index contributed by atoms with van der Waals surface area (Å²) in [6.07, 6.45) is 4.03. The molecule has 92 valence electrons. The summed E-state index contributed by atoms with van der Waals surface area (Å²) in [5.41, 5.74) is 1.91. The average molecular weight is 324 g/mol. The third-order valence-corrected chi connectivity index (χ3v) is 4.25. The van der Waals surface area contributed by atoms with Gasteiger partial charge in [0.1, 0.15) is 0 Å². The molecule has 0 spiro atoms. The Morgan fingerprint density at radius 1 is 1.39 bits per heavy atom. The monoisotopic (exact) mass is 323 g/mol. The highest BCUT2D eigenvalue weighted by Gasteiger charge is 2.30. The van der Waals surface area contributed by atoms with Gasteiger partial charge < -0.3 is 0 Å². The predicted molar refractivity (Wildman–Crippen MR) is 75.0 cm³/mol. The molecule has 0 N–H and O–H groups in total. The van der Waals surface area contributed by atoms with Crippen LogP contribution in [-0.2, 0) is 4.79 Å². The number of nitrogens with zero attached hydrogens (tertiary/aromatic N) is 3. The fourth-order valence-corrected chi connectivity index (χ4v) is 3.32. The highest BCUT2D eigenvalue weighted by Crippen LogP contribution is 2.31. The Kier molecular flexibility index (Phi) is 3.13. The quantitative estimate of drug-likeness (QED) is 0.798. The van der Waals surface area contributed by atoms with Gasteiger partial charge in [0.2, 0.25) is 5.91 Å². The molecule has 0 saturated carbocycles. The molecule has 1 aliphatic rings. The van der Waals surface area contributed by atoms with Gasteiger partial charge in [0.15, 0.2) is 5.13 Å². The van der Waals surface area contributed by atoms with Gasteiger partial charge in [0.05, 0.1) is 5.69 Å². The minimum absolute atomic E-state index is 0.132. The van der Waals surface area contributed by atoms with E-state index in [1.807, 2.05) is 17.5 Å². The highest BCUT2D eigenvalue weighted by atomic mass is 79.9. The molecule has 1 amide bonds. The first kappa shape index (κ1) is 11.8. The van der Waals surface area contributed by atoms with Crippen molar-refractivity contribution in [1.29, 1.82) is 0 Å². The molecule has 1 unspecified atom stereocenters.